The van der Waals surface area contributed by atoms with Crippen molar-refractivity contribution in [3.63, 3.8) is 0 Å². The van der Waals surface area contributed by atoms with Crippen molar-refractivity contribution in [2.75, 3.05) is 11.4 Å². The highest BCUT2D eigenvalue weighted by Gasteiger charge is 2.31. The summed E-state index contributed by atoms with van der Waals surface area (Å²) >= 11 is 3.16. The van der Waals surface area contributed by atoms with Gasteiger partial charge in [-0.3, -0.25) is 14.9 Å². The van der Waals surface area contributed by atoms with Gasteiger partial charge in [-0.25, -0.2) is 0 Å². The number of nitro benzene ring substituents is 1. The number of nitrogens with zero attached hydrogens (tertiary/aromatic N) is 2. The lowest BCUT2D eigenvalue weighted by molar-refractivity contribution is -0.384. The smallest absolute Gasteiger partial charge is 0.304 e. The van der Waals surface area contributed by atoms with E-state index in [0.717, 1.165) is 23.1 Å². The first-order valence-corrected chi connectivity index (χ1v) is 8.37. The maximum Gasteiger partial charge on any atom is 0.416 e. The van der Waals surface area contributed by atoms with Crippen LogP contribution in [-0.4, -0.2) is 17.4 Å². The van der Waals surface area contributed by atoms with Gasteiger partial charge in [-0.1, -0.05) is 18.2 Å². The Labute approximate surface area is 161 Å². The van der Waals surface area contributed by atoms with Crippen molar-refractivity contribution in [3.05, 3.63) is 80.3 Å². The average Bonchev–Trinajstić information content (AvgIpc) is 2.58. The van der Waals surface area contributed by atoms with Crippen molar-refractivity contribution in [2.45, 2.75) is 13.1 Å². The molecule has 0 aromatic heterocycles. The van der Waals surface area contributed by atoms with Crippen LogP contribution in [-0.2, 0) is 6.18 Å². The number of nitro groups is 1. The second kappa shape index (κ2) is 7.91. The van der Waals surface area contributed by atoms with Gasteiger partial charge in [-0.15, -0.1) is 0 Å². The van der Waals surface area contributed by atoms with Gasteiger partial charge in [-0.05, 0) is 47.1 Å². The van der Waals surface area contributed by atoms with Crippen molar-refractivity contribution >= 4 is 33.2 Å². The minimum atomic E-state index is -4.57. The second-order valence-electron chi connectivity index (χ2n) is 5.82. The molecule has 0 bridgehead atoms. The van der Waals surface area contributed by atoms with Crippen LogP contribution in [0.4, 0.5) is 24.5 Å². The molecule has 2 aromatic carbocycles. The Hall–Kier alpha value is -2.68. The van der Waals surface area contributed by atoms with Crippen molar-refractivity contribution in [2.24, 2.45) is 0 Å². The number of hydrogen-bond donors (Lipinski definition) is 0. The monoisotopic (exact) mass is 442 g/mol. The lowest BCUT2D eigenvalue weighted by atomic mass is 10.1. The lowest BCUT2D eigenvalue weighted by Gasteiger charge is -2.24. The van der Waals surface area contributed by atoms with Crippen molar-refractivity contribution < 1.29 is 22.9 Å². The van der Waals surface area contributed by atoms with E-state index in [1.165, 1.54) is 24.3 Å². The molecule has 0 spiro atoms. The van der Waals surface area contributed by atoms with Crippen LogP contribution < -0.4 is 4.90 Å². The lowest BCUT2D eigenvalue weighted by Crippen LogP contribution is -2.33. The molecule has 0 saturated carbocycles. The molecule has 0 unspecified atom stereocenters. The van der Waals surface area contributed by atoms with Crippen molar-refractivity contribution in [1.29, 1.82) is 0 Å². The summed E-state index contributed by atoms with van der Waals surface area (Å²) in [4.78, 5) is 24.4. The molecule has 2 aromatic rings. The number of non-ortho nitro benzene ring substituents is 1. The Balaban J connectivity index is 2.55. The number of alkyl halides is 3. The van der Waals surface area contributed by atoms with Crippen LogP contribution in [0.5, 0.6) is 0 Å². The molecule has 0 aliphatic carbocycles. The molecule has 1 amide bonds. The van der Waals surface area contributed by atoms with Crippen LogP contribution in [0, 0.1) is 10.1 Å². The summed E-state index contributed by atoms with van der Waals surface area (Å²) in [6.45, 7) is 5.27. The van der Waals surface area contributed by atoms with Crippen LogP contribution in [0.1, 0.15) is 22.8 Å². The predicted octanol–water partition coefficient (Wildman–Crippen LogP) is 5.60. The first-order valence-electron chi connectivity index (χ1n) is 7.58. The first kappa shape index (κ1) is 20.6. The fourth-order valence-corrected chi connectivity index (χ4v) is 2.75. The molecule has 0 aliphatic rings. The highest BCUT2D eigenvalue weighted by Crippen LogP contribution is 2.33. The van der Waals surface area contributed by atoms with Gasteiger partial charge in [0.2, 0.25) is 0 Å². The second-order valence-corrected chi connectivity index (χ2v) is 6.67. The van der Waals surface area contributed by atoms with Crippen molar-refractivity contribution in [3.8, 4) is 0 Å². The third-order valence-electron chi connectivity index (χ3n) is 3.55. The average molecular weight is 443 g/mol. The molecular weight excluding hydrogens is 429 g/mol. The van der Waals surface area contributed by atoms with Gasteiger partial charge in [0.1, 0.15) is 0 Å². The van der Waals surface area contributed by atoms with E-state index in [2.05, 4.69) is 22.5 Å². The van der Waals surface area contributed by atoms with E-state index < -0.39 is 22.6 Å². The first-order chi connectivity index (χ1) is 12.5. The number of carbonyl (C=O) groups excluding carboxylic acids is 1. The summed E-state index contributed by atoms with van der Waals surface area (Å²) in [6, 6.07) is 7.94. The van der Waals surface area contributed by atoms with E-state index in [4.69, 9.17) is 0 Å². The van der Waals surface area contributed by atoms with Gasteiger partial charge in [0, 0.05) is 28.8 Å². The highest BCUT2D eigenvalue weighted by molar-refractivity contribution is 9.10. The van der Waals surface area contributed by atoms with Gasteiger partial charge in [0.25, 0.3) is 11.6 Å². The third kappa shape index (κ3) is 4.94. The van der Waals surface area contributed by atoms with Gasteiger partial charge in [0.15, 0.2) is 0 Å². The molecule has 0 aliphatic heterocycles. The zero-order chi connectivity index (χ0) is 20.4. The minimum absolute atomic E-state index is 0.0104. The molecule has 2 rings (SSSR count). The number of rotatable bonds is 5. The highest BCUT2D eigenvalue weighted by atomic mass is 79.9. The summed E-state index contributed by atoms with van der Waals surface area (Å²) in [5.74, 6) is -0.687. The Morgan fingerprint density at radius 3 is 2.48 bits per heavy atom. The Morgan fingerprint density at radius 1 is 1.26 bits per heavy atom. The number of halogens is 4. The number of benzene rings is 2. The number of carbonyl (C=O) groups is 1. The molecule has 0 radical (unpaired) electrons. The molecule has 0 N–H and O–H groups in total. The van der Waals surface area contributed by atoms with E-state index >= 15 is 0 Å². The molecule has 0 fully saturated rings. The number of anilines is 1. The SMILES string of the molecule is C=C(C)CN(C(=O)c1cc([N+](=O)[O-])ccc1Br)c1cccc(C(F)(F)F)c1. The Bertz CT molecular complexity index is 913. The molecule has 142 valence electrons. The van der Waals surface area contributed by atoms with Gasteiger partial charge < -0.3 is 4.90 Å². The number of amides is 1. The quantitative estimate of drug-likeness (QED) is 0.344. The summed E-state index contributed by atoms with van der Waals surface area (Å²) < 4.78 is 39.3. The van der Waals surface area contributed by atoms with E-state index in [1.54, 1.807) is 6.92 Å². The van der Waals surface area contributed by atoms with Crippen LogP contribution in [0.25, 0.3) is 0 Å². The molecular formula is C18H14BrF3N2O3. The fraction of sp³-hybridized carbons (Fsp3) is 0.167. The number of hydrogen-bond acceptors (Lipinski definition) is 3. The van der Waals surface area contributed by atoms with E-state index in [9.17, 15) is 28.1 Å². The predicted molar refractivity (Wildman–Crippen MR) is 98.7 cm³/mol. The molecule has 0 heterocycles. The summed E-state index contributed by atoms with van der Waals surface area (Å²) in [7, 11) is 0. The molecule has 5 nitrogen and oxygen atoms in total. The molecule has 9 heteroatoms. The fourth-order valence-electron chi connectivity index (χ4n) is 2.34. The van der Waals surface area contributed by atoms with Gasteiger partial charge in [0.05, 0.1) is 16.1 Å². The van der Waals surface area contributed by atoms with Crippen molar-refractivity contribution in [1.82, 2.24) is 0 Å². The maximum atomic E-state index is 13.0. The Morgan fingerprint density at radius 2 is 1.93 bits per heavy atom. The summed E-state index contributed by atoms with van der Waals surface area (Å²) in [5, 5.41) is 11.0. The van der Waals surface area contributed by atoms with Gasteiger partial charge >= 0.3 is 6.18 Å². The summed E-state index contributed by atoms with van der Waals surface area (Å²) in [5.41, 5.74) is -0.708. The zero-order valence-corrected chi connectivity index (χ0v) is 15.7. The van der Waals surface area contributed by atoms with Gasteiger partial charge in [-0.2, -0.15) is 13.2 Å². The summed E-state index contributed by atoms with van der Waals surface area (Å²) in [6.07, 6.45) is -4.57. The molecule has 0 atom stereocenters. The van der Waals surface area contributed by atoms with E-state index in [0.29, 0.717) is 5.57 Å². The maximum absolute atomic E-state index is 13.0. The standard InChI is InChI=1S/C18H14BrF3N2O3/c1-11(2)10-23(13-5-3-4-12(8-13)18(20,21)22)17(25)15-9-14(24(26)27)6-7-16(15)19/h3-9H,1,10H2,2H3. The third-order valence-corrected chi connectivity index (χ3v) is 4.24. The largest absolute Gasteiger partial charge is 0.416 e. The normalized spacial score (nSPS) is 11.1. The Kier molecular flexibility index (Phi) is 6.04. The van der Waals surface area contributed by atoms with E-state index in [1.807, 2.05) is 0 Å². The van der Waals surface area contributed by atoms with Crippen LogP contribution in [0.2, 0.25) is 0 Å². The molecule has 27 heavy (non-hydrogen) atoms. The molecule has 0 saturated heterocycles. The van der Waals surface area contributed by atoms with E-state index in [-0.39, 0.29) is 28.0 Å². The topological polar surface area (TPSA) is 63.5 Å². The van der Waals surface area contributed by atoms with Crippen LogP contribution in [0.15, 0.2) is 59.1 Å². The minimum Gasteiger partial charge on any atom is -0.304 e. The van der Waals surface area contributed by atoms with Crippen LogP contribution >= 0.6 is 15.9 Å². The zero-order valence-electron chi connectivity index (χ0n) is 14.1. The van der Waals surface area contributed by atoms with Crippen LogP contribution in [0.3, 0.4) is 0 Å².